The van der Waals surface area contributed by atoms with E-state index in [1.807, 2.05) is 30.3 Å². The molecular formula is C14H19NO3. The molecule has 1 aromatic rings. The maximum atomic E-state index is 11.5. The van der Waals surface area contributed by atoms with Gasteiger partial charge in [-0.15, -0.1) is 0 Å². The molecule has 1 aliphatic rings. The molecule has 0 saturated carbocycles. The fourth-order valence-electron chi connectivity index (χ4n) is 1.93. The van der Waals surface area contributed by atoms with Crippen molar-refractivity contribution in [1.29, 1.82) is 0 Å². The van der Waals surface area contributed by atoms with E-state index in [1.165, 1.54) is 0 Å². The van der Waals surface area contributed by atoms with Gasteiger partial charge in [0.25, 0.3) is 0 Å². The number of nitrogens with one attached hydrogen (secondary N) is 1. The summed E-state index contributed by atoms with van der Waals surface area (Å²) in [5.74, 6) is 0.446. The Morgan fingerprint density at radius 3 is 2.72 bits per heavy atom. The molecule has 0 aliphatic carbocycles. The van der Waals surface area contributed by atoms with E-state index in [2.05, 4.69) is 5.32 Å². The highest BCUT2D eigenvalue weighted by atomic mass is 16.5. The van der Waals surface area contributed by atoms with Crippen LogP contribution in [0.25, 0.3) is 0 Å². The smallest absolute Gasteiger partial charge is 0.407 e. The fourth-order valence-corrected chi connectivity index (χ4v) is 1.93. The molecule has 2 rings (SSSR count). The summed E-state index contributed by atoms with van der Waals surface area (Å²) >= 11 is 0. The molecule has 0 spiro atoms. The zero-order valence-electron chi connectivity index (χ0n) is 10.4. The van der Waals surface area contributed by atoms with E-state index in [9.17, 15) is 4.79 Å². The van der Waals surface area contributed by atoms with Gasteiger partial charge < -0.3 is 14.8 Å². The Hall–Kier alpha value is -1.55. The van der Waals surface area contributed by atoms with E-state index >= 15 is 0 Å². The second-order valence-corrected chi connectivity index (χ2v) is 4.49. The van der Waals surface area contributed by atoms with Crippen molar-refractivity contribution in [2.75, 3.05) is 19.8 Å². The van der Waals surface area contributed by atoms with E-state index in [0.717, 1.165) is 31.6 Å². The largest absolute Gasteiger partial charge is 0.449 e. The Morgan fingerprint density at radius 1 is 1.28 bits per heavy atom. The normalized spacial score (nSPS) is 16.2. The zero-order chi connectivity index (χ0) is 12.6. The number of hydrogen-bond donors (Lipinski definition) is 1. The second kappa shape index (κ2) is 7.01. The summed E-state index contributed by atoms with van der Waals surface area (Å²) < 4.78 is 10.5. The van der Waals surface area contributed by atoms with Crippen LogP contribution in [0.4, 0.5) is 4.79 Å². The summed E-state index contributed by atoms with van der Waals surface area (Å²) in [6.07, 6.45) is 1.61. The first-order valence-corrected chi connectivity index (χ1v) is 6.37. The molecule has 4 nitrogen and oxygen atoms in total. The Bertz CT molecular complexity index is 361. The molecular weight excluding hydrogens is 230 g/mol. The molecule has 0 unspecified atom stereocenters. The first-order chi connectivity index (χ1) is 8.84. The van der Waals surface area contributed by atoms with Crippen molar-refractivity contribution in [3.63, 3.8) is 0 Å². The Labute approximate surface area is 107 Å². The maximum Gasteiger partial charge on any atom is 0.407 e. The lowest BCUT2D eigenvalue weighted by Gasteiger charge is -2.21. The summed E-state index contributed by atoms with van der Waals surface area (Å²) in [4.78, 5) is 11.5. The lowest BCUT2D eigenvalue weighted by molar-refractivity contribution is 0.0379. The van der Waals surface area contributed by atoms with Crippen LogP contribution in [0.1, 0.15) is 18.4 Å². The molecule has 18 heavy (non-hydrogen) atoms. The highest BCUT2D eigenvalue weighted by Gasteiger charge is 2.15. The van der Waals surface area contributed by atoms with Gasteiger partial charge in [0.1, 0.15) is 0 Å². The summed E-state index contributed by atoms with van der Waals surface area (Å²) in [6.45, 7) is 2.55. The first-order valence-electron chi connectivity index (χ1n) is 6.37. The first kappa shape index (κ1) is 12.9. The number of rotatable bonds is 4. The van der Waals surface area contributed by atoms with Gasteiger partial charge >= 0.3 is 6.09 Å². The van der Waals surface area contributed by atoms with Crippen LogP contribution >= 0.6 is 0 Å². The highest BCUT2D eigenvalue weighted by molar-refractivity contribution is 5.67. The number of alkyl carbamates (subject to hydrolysis) is 1. The van der Waals surface area contributed by atoms with Crippen LogP contribution < -0.4 is 5.32 Å². The quantitative estimate of drug-likeness (QED) is 0.891. The van der Waals surface area contributed by atoms with E-state index in [4.69, 9.17) is 9.47 Å². The van der Waals surface area contributed by atoms with Crippen LogP contribution in [0, 0.1) is 5.92 Å². The predicted octanol–water partition coefficient (Wildman–Crippen LogP) is 2.34. The number of benzene rings is 1. The van der Waals surface area contributed by atoms with Crippen molar-refractivity contribution < 1.29 is 14.3 Å². The summed E-state index contributed by atoms with van der Waals surface area (Å²) in [5.41, 5.74) is 1.07. The molecule has 1 heterocycles. The SMILES string of the molecule is O=C(NCc1ccccc1)OCC1CCOCC1. The van der Waals surface area contributed by atoms with Gasteiger partial charge in [0, 0.05) is 19.8 Å². The summed E-state index contributed by atoms with van der Waals surface area (Å²) in [5, 5.41) is 2.75. The van der Waals surface area contributed by atoms with Gasteiger partial charge in [-0.2, -0.15) is 0 Å². The molecule has 0 bridgehead atoms. The standard InChI is InChI=1S/C14H19NO3/c16-14(15-10-12-4-2-1-3-5-12)18-11-13-6-8-17-9-7-13/h1-5,13H,6-11H2,(H,15,16). The molecule has 1 saturated heterocycles. The number of carbonyl (C=O) groups is 1. The molecule has 4 heteroatoms. The molecule has 1 N–H and O–H groups in total. The number of amides is 1. The van der Waals surface area contributed by atoms with Crippen LogP contribution in [0.3, 0.4) is 0 Å². The van der Waals surface area contributed by atoms with Crippen LogP contribution in [0.15, 0.2) is 30.3 Å². The van der Waals surface area contributed by atoms with Crippen molar-refractivity contribution in [3.8, 4) is 0 Å². The maximum absolute atomic E-state index is 11.5. The van der Waals surface area contributed by atoms with Gasteiger partial charge in [-0.3, -0.25) is 0 Å². The van der Waals surface area contributed by atoms with Gasteiger partial charge in [0.2, 0.25) is 0 Å². The minimum atomic E-state index is -0.342. The average Bonchev–Trinajstić information content (AvgIpc) is 2.45. The average molecular weight is 249 g/mol. The number of carbonyl (C=O) groups excluding carboxylic acids is 1. The monoisotopic (exact) mass is 249 g/mol. The van der Waals surface area contributed by atoms with Gasteiger partial charge in [-0.25, -0.2) is 4.79 Å². The van der Waals surface area contributed by atoms with E-state index in [-0.39, 0.29) is 6.09 Å². The van der Waals surface area contributed by atoms with E-state index in [0.29, 0.717) is 19.1 Å². The van der Waals surface area contributed by atoms with Crippen molar-refractivity contribution in [3.05, 3.63) is 35.9 Å². The third kappa shape index (κ3) is 4.37. The summed E-state index contributed by atoms with van der Waals surface area (Å²) in [6, 6.07) is 9.79. The van der Waals surface area contributed by atoms with Crippen molar-refractivity contribution in [2.24, 2.45) is 5.92 Å². The van der Waals surface area contributed by atoms with Gasteiger partial charge in [-0.1, -0.05) is 30.3 Å². The van der Waals surface area contributed by atoms with Crippen LogP contribution in [0.5, 0.6) is 0 Å². The zero-order valence-corrected chi connectivity index (χ0v) is 10.4. The number of hydrogen-bond acceptors (Lipinski definition) is 3. The Kier molecular flexibility index (Phi) is 5.02. The van der Waals surface area contributed by atoms with Gasteiger partial charge in [0.15, 0.2) is 0 Å². The van der Waals surface area contributed by atoms with Crippen molar-refractivity contribution >= 4 is 6.09 Å². The Morgan fingerprint density at radius 2 is 2.00 bits per heavy atom. The molecule has 1 aliphatic heterocycles. The van der Waals surface area contributed by atoms with E-state index < -0.39 is 0 Å². The number of ether oxygens (including phenoxy) is 2. The predicted molar refractivity (Wildman–Crippen MR) is 68.2 cm³/mol. The minimum Gasteiger partial charge on any atom is -0.449 e. The molecule has 1 aromatic carbocycles. The molecule has 0 aromatic heterocycles. The van der Waals surface area contributed by atoms with Gasteiger partial charge in [0.05, 0.1) is 6.61 Å². The molecule has 98 valence electrons. The van der Waals surface area contributed by atoms with Crippen LogP contribution in [-0.4, -0.2) is 25.9 Å². The van der Waals surface area contributed by atoms with Crippen molar-refractivity contribution in [1.82, 2.24) is 5.32 Å². The van der Waals surface area contributed by atoms with Crippen molar-refractivity contribution in [2.45, 2.75) is 19.4 Å². The minimum absolute atomic E-state index is 0.342. The van der Waals surface area contributed by atoms with Gasteiger partial charge in [-0.05, 0) is 24.3 Å². The second-order valence-electron chi connectivity index (χ2n) is 4.49. The van der Waals surface area contributed by atoms with Crippen LogP contribution in [-0.2, 0) is 16.0 Å². The Balaban J connectivity index is 1.63. The highest BCUT2D eigenvalue weighted by Crippen LogP contribution is 2.14. The molecule has 1 fully saturated rings. The third-order valence-electron chi connectivity index (χ3n) is 3.07. The third-order valence-corrected chi connectivity index (χ3v) is 3.07. The summed E-state index contributed by atoms with van der Waals surface area (Å²) in [7, 11) is 0. The fraction of sp³-hybridized carbons (Fsp3) is 0.500. The molecule has 0 radical (unpaired) electrons. The lowest BCUT2D eigenvalue weighted by atomic mass is 10.0. The van der Waals surface area contributed by atoms with Crippen LogP contribution in [0.2, 0.25) is 0 Å². The van der Waals surface area contributed by atoms with E-state index in [1.54, 1.807) is 0 Å². The molecule has 0 atom stereocenters. The lowest BCUT2D eigenvalue weighted by Crippen LogP contribution is -2.28. The topological polar surface area (TPSA) is 47.6 Å². The molecule has 1 amide bonds.